The van der Waals surface area contributed by atoms with Crippen molar-refractivity contribution in [3.05, 3.63) is 34.3 Å². The maximum absolute atomic E-state index is 12.3. The number of nitrogens with zero attached hydrogens (tertiary/aromatic N) is 2. The topological polar surface area (TPSA) is 72.9 Å². The van der Waals surface area contributed by atoms with Crippen LogP contribution in [0, 0.1) is 0 Å². The Morgan fingerprint density at radius 1 is 1.58 bits per heavy atom. The maximum Gasteiger partial charge on any atom is 0.272 e. The Morgan fingerprint density at radius 2 is 2.37 bits per heavy atom. The molecule has 1 atom stereocenters. The van der Waals surface area contributed by atoms with Crippen LogP contribution in [0.15, 0.2) is 23.7 Å². The van der Waals surface area contributed by atoms with Gasteiger partial charge in [0.15, 0.2) is 0 Å². The number of hydrogen-bond donors (Lipinski definition) is 2. The van der Waals surface area contributed by atoms with Crippen molar-refractivity contribution in [2.24, 2.45) is 0 Å². The number of aryl methyl sites for hydroxylation is 1. The highest BCUT2D eigenvalue weighted by Crippen LogP contribution is 2.22. The fourth-order valence-corrected chi connectivity index (χ4v) is 2.84. The van der Waals surface area contributed by atoms with Crippen LogP contribution in [-0.4, -0.2) is 15.7 Å². The van der Waals surface area contributed by atoms with Gasteiger partial charge in [-0.3, -0.25) is 9.48 Å². The third kappa shape index (κ3) is 2.78. The van der Waals surface area contributed by atoms with Crippen LogP contribution in [0.1, 0.15) is 41.7 Å². The van der Waals surface area contributed by atoms with E-state index in [2.05, 4.69) is 10.4 Å². The molecule has 0 aliphatic heterocycles. The molecular weight excluding hydrogens is 260 g/mol. The van der Waals surface area contributed by atoms with E-state index in [4.69, 9.17) is 5.73 Å². The average molecular weight is 278 g/mol. The third-order valence-corrected chi connectivity index (χ3v) is 3.97. The van der Waals surface area contributed by atoms with Crippen molar-refractivity contribution in [3.8, 4) is 0 Å². The van der Waals surface area contributed by atoms with Gasteiger partial charge >= 0.3 is 0 Å². The van der Waals surface area contributed by atoms with E-state index in [0.29, 0.717) is 17.9 Å². The van der Waals surface area contributed by atoms with E-state index in [0.717, 1.165) is 11.3 Å². The van der Waals surface area contributed by atoms with E-state index < -0.39 is 0 Å². The molecule has 19 heavy (non-hydrogen) atoms. The number of nitrogens with one attached hydrogen (secondary N) is 1. The number of hydrogen-bond acceptors (Lipinski definition) is 4. The van der Waals surface area contributed by atoms with Crippen molar-refractivity contribution in [1.29, 1.82) is 0 Å². The van der Waals surface area contributed by atoms with Gasteiger partial charge in [0, 0.05) is 11.4 Å². The highest BCUT2D eigenvalue weighted by atomic mass is 32.1. The zero-order chi connectivity index (χ0) is 13.8. The standard InChI is InChI=1S/C13H18N4OS/c1-3-10(11-6-5-7-19-11)16-13(18)12-9(14)8-15-17(12)4-2/h5-8,10H,3-4,14H2,1-2H3,(H,16,18). The molecule has 0 saturated carbocycles. The van der Waals surface area contributed by atoms with Crippen LogP contribution >= 0.6 is 11.3 Å². The van der Waals surface area contributed by atoms with E-state index >= 15 is 0 Å². The molecule has 2 rings (SSSR count). The van der Waals surface area contributed by atoms with E-state index in [-0.39, 0.29) is 11.9 Å². The molecule has 2 aromatic heterocycles. The van der Waals surface area contributed by atoms with Gasteiger partial charge in [-0.2, -0.15) is 5.10 Å². The van der Waals surface area contributed by atoms with Gasteiger partial charge in [0.1, 0.15) is 5.69 Å². The van der Waals surface area contributed by atoms with Crippen LogP contribution in [-0.2, 0) is 6.54 Å². The Balaban J connectivity index is 2.18. The summed E-state index contributed by atoms with van der Waals surface area (Å²) in [6.45, 7) is 4.60. The Labute approximate surface area is 116 Å². The van der Waals surface area contributed by atoms with Gasteiger partial charge < -0.3 is 11.1 Å². The number of aromatic nitrogens is 2. The predicted octanol–water partition coefficient (Wildman–Crippen LogP) is 2.43. The first-order valence-electron chi connectivity index (χ1n) is 6.32. The fraction of sp³-hybridized carbons (Fsp3) is 0.385. The van der Waals surface area contributed by atoms with Crippen LogP contribution < -0.4 is 11.1 Å². The summed E-state index contributed by atoms with van der Waals surface area (Å²) < 4.78 is 1.62. The first-order chi connectivity index (χ1) is 9.17. The van der Waals surface area contributed by atoms with Crippen molar-refractivity contribution in [2.75, 3.05) is 5.73 Å². The lowest BCUT2D eigenvalue weighted by atomic mass is 10.2. The normalized spacial score (nSPS) is 12.3. The van der Waals surface area contributed by atoms with Gasteiger partial charge in [0.25, 0.3) is 5.91 Å². The molecule has 0 aromatic carbocycles. The van der Waals surface area contributed by atoms with Gasteiger partial charge in [0.05, 0.1) is 17.9 Å². The van der Waals surface area contributed by atoms with Crippen LogP contribution in [0.2, 0.25) is 0 Å². The van der Waals surface area contributed by atoms with E-state index in [1.54, 1.807) is 16.0 Å². The molecule has 102 valence electrons. The van der Waals surface area contributed by atoms with Crippen molar-refractivity contribution in [2.45, 2.75) is 32.9 Å². The molecule has 0 radical (unpaired) electrons. The summed E-state index contributed by atoms with van der Waals surface area (Å²) in [4.78, 5) is 13.5. The van der Waals surface area contributed by atoms with Gasteiger partial charge in [-0.25, -0.2) is 0 Å². The van der Waals surface area contributed by atoms with Crippen LogP contribution in [0.3, 0.4) is 0 Å². The minimum absolute atomic E-state index is 0.0205. The largest absolute Gasteiger partial charge is 0.396 e. The second-order valence-electron chi connectivity index (χ2n) is 4.21. The molecule has 0 aliphatic carbocycles. The lowest BCUT2D eigenvalue weighted by molar-refractivity contribution is 0.0926. The molecule has 1 unspecified atom stereocenters. The highest BCUT2D eigenvalue weighted by Gasteiger charge is 2.20. The summed E-state index contributed by atoms with van der Waals surface area (Å²) in [6, 6.07) is 4.03. The zero-order valence-corrected chi connectivity index (χ0v) is 11.9. The molecule has 0 aliphatic rings. The van der Waals surface area contributed by atoms with E-state index in [9.17, 15) is 4.79 Å². The first kappa shape index (κ1) is 13.6. The second-order valence-corrected chi connectivity index (χ2v) is 5.19. The molecule has 3 N–H and O–H groups in total. The van der Waals surface area contributed by atoms with Gasteiger partial charge in [-0.1, -0.05) is 13.0 Å². The lowest BCUT2D eigenvalue weighted by Crippen LogP contribution is -2.30. The smallest absolute Gasteiger partial charge is 0.272 e. The Morgan fingerprint density at radius 3 is 2.95 bits per heavy atom. The van der Waals surface area contributed by atoms with E-state index in [1.807, 2.05) is 31.4 Å². The van der Waals surface area contributed by atoms with Gasteiger partial charge in [0.2, 0.25) is 0 Å². The molecule has 0 saturated heterocycles. The van der Waals surface area contributed by atoms with Crippen molar-refractivity contribution in [1.82, 2.24) is 15.1 Å². The lowest BCUT2D eigenvalue weighted by Gasteiger charge is -2.16. The molecule has 5 nitrogen and oxygen atoms in total. The summed E-state index contributed by atoms with van der Waals surface area (Å²) >= 11 is 1.64. The minimum Gasteiger partial charge on any atom is -0.396 e. The maximum atomic E-state index is 12.3. The second kappa shape index (κ2) is 5.88. The first-order valence-corrected chi connectivity index (χ1v) is 7.20. The number of carbonyl (C=O) groups is 1. The van der Waals surface area contributed by atoms with Crippen molar-refractivity contribution < 1.29 is 4.79 Å². The summed E-state index contributed by atoms with van der Waals surface area (Å²) in [6.07, 6.45) is 2.36. The number of rotatable bonds is 5. The Kier molecular flexibility index (Phi) is 4.21. The number of carbonyl (C=O) groups excluding carboxylic acids is 1. The zero-order valence-electron chi connectivity index (χ0n) is 11.1. The number of amides is 1. The molecule has 0 bridgehead atoms. The Bertz CT molecular complexity index is 547. The van der Waals surface area contributed by atoms with Crippen molar-refractivity contribution >= 4 is 22.9 Å². The predicted molar refractivity (Wildman–Crippen MR) is 77.1 cm³/mol. The fourth-order valence-electron chi connectivity index (χ4n) is 1.98. The van der Waals surface area contributed by atoms with Crippen LogP contribution in [0.4, 0.5) is 5.69 Å². The Hall–Kier alpha value is -1.82. The van der Waals surface area contributed by atoms with Crippen molar-refractivity contribution in [3.63, 3.8) is 0 Å². The molecular formula is C13H18N4OS. The monoisotopic (exact) mass is 278 g/mol. The summed E-state index contributed by atoms with van der Waals surface area (Å²) in [5.41, 5.74) is 6.67. The van der Waals surface area contributed by atoms with Crippen LogP contribution in [0.25, 0.3) is 0 Å². The SMILES string of the molecule is CCC(NC(=O)c1c(N)cnn1CC)c1cccs1. The number of nitrogens with two attached hydrogens (primary N) is 1. The van der Waals surface area contributed by atoms with E-state index in [1.165, 1.54) is 6.20 Å². The molecule has 2 heterocycles. The quantitative estimate of drug-likeness (QED) is 0.882. The number of anilines is 1. The average Bonchev–Trinajstić information content (AvgIpc) is 3.04. The molecule has 6 heteroatoms. The third-order valence-electron chi connectivity index (χ3n) is 2.98. The highest BCUT2D eigenvalue weighted by molar-refractivity contribution is 7.10. The molecule has 2 aromatic rings. The van der Waals surface area contributed by atoms with Gasteiger partial charge in [-0.05, 0) is 24.8 Å². The molecule has 1 amide bonds. The summed E-state index contributed by atoms with van der Waals surface area (Å²) in [5.74, 6) is -0.169. The summed E-state index contributed by atoms with van der Waals surface area (Å²) in [7, 11) is 0. The van der Waals surface area contributed by atoms with Gasteiger partial charge in [-0.15, -0.1) is 11.3 Å². The number of nitrogen functional groups attached to an aromatic ring is 1. The minimum atomic E-state index is -0.169. The summed E-state index contributed by atoms with van der Waals surface area (Å²) in [5, 5.41) is 9.11. The number of thiophene rings is 1. The van der Waals surface area contributed by atoms with Crippen LogP contribution in [0.5, 0.6) is 0 Å². The molecule has 0 spiro atoms. The molecule has 0 fully saturated rings.